The van der Waals surface area contributed by atoms with E-state index in [0.29, 0.717) is 13.2 Å². The molecule has 90 valence electrons. The summed E-state index contributed by atoms with van der Waals surface area (Å²) in [5.74, 6) is 0. The molecular weight excluding hydrogens is 219 g/mol. The third kappa shape index (κ3) is 24.6. The summed E-state index contributed by atoms with van der Waals surface area (Å²) in [6.07, 6.45) is -0.711. The van der Waals surface area contributed by atoms with Crippen molar-refractivity contribution in [1.82, 2.24) is 0 Å². The number of hydrogen-bond acceptors (Lipinski definition) is 4. The van der Waals surface area contributed by atoms with Crippen LogP contribution in [-0.2, 0) is 13.8 Å². The number of nitrogens with zero attached hydrogens (tertiary/aromatic N) is 1. The average molecular weight is 239 g/mol. The monoisotopic (exact) mass is 239 g/mol. The van der Waals surface area contributed by atoms with E-state index in [9.17, 15) is 9.36 Å². The van der Waals surface area contributed by atoms with Crippen LogP contribution >= 0.6 is 8.69 Å². The molecule has 2 N–H and O–H groups in total. The molecule has 15 heavy (non-hydrogen) atoms. The van der Waals surface area contributed by atoms with Crippen LogP contribution in [-0.4, -0.2) is 51.5 Å². The molecule has 0 aliphatic heterocycles. The molecule has 0 aromatic rings. The molecule has 0 aromatic heterocycles. The first-order valence-electron chi connectivity index (χ1n) is 4.50. The maximum Gasteiger partial charge on any atom is 0.404 e. The molecule has 0 unspecified atom stereocenters. The van der Waals surface area contributed by atoms with E-state index in [4.69, 9.17) is 0 Å². The Morgan fingerprint density at radius 3 is 2.13 bits per heavy atom. The number of carbonyl (C=O) groups is 1. The van der Waals surface area contributed by atoms with Gasteiger partial charge in [0, 0.05) is 0 Å². The molecule has 0 aromatic carbocycles. The Kier molecular flexibility index (Phi) is 11.0. The van der Waals surface area contributed by atoms with Crippen LogP contribution in [0.2, 0.25) is 0 Å². The Morgan fingerprint density at radius 1 is 1.40 bits per heavy atom. The Balaban J connectivity index is 0. The molecule has 1 amide bonds. The van der Waals surface area contributed by atoms with Gasteiger partial charge in [0.05, 0.1) is 27.7 Å². The Hall–Kier alpha value is -0.710. The molecule has 0 radical (unpaired) electrons. The van der Waals surface area contributed by atoms with Crippen LogP contribution < -0.4 is 5.73 Å². The predicted molar refractivity (Wildman–Crippen MR) is 57.7 cm³/mol. The summed E-state index contributed by atoms with van der Waals surface area (Å²) in [4.78, 5) is 9.60. The molecule has 0 saturated carbocycles. The van der Waals surface area contributed by atoms with Crippen molar-refractivity contribution < 1.29 is 23.1 Å². The van der Waals surface area contributed by atoms with Gasteiger partial charge in [0.2, 0.25) is 0 Å². The fourth-order valence-corrected chi connectivity index (χ4v) is 0.650. The number of nitrogens with two attached hydrogens (primary N) is 1. The van der Waals surface area contributed by atoms with Gasteiger partial charge in [-0.3, -0.25) is 4.52 Å². The summed E-state index contributed by atoms with van der Waals surface area (Å²) in [6.45, 7) is 3.49. The highest BCUT2D eigenvalue weighted by Crippen LogP contribution is 1.96. The molecule has 0 saturated heterocycles. The largest absolute Gasteiger partial charge is 0.450 e. The molecule has 0 aliphatic rings. The van der Waals surface area contributed by atoms with Gasteiger partial charge < -0.3 is 15.0 Å². The number of likely N-dealkylation sites (N-methyl/N-ethyl adjacent to an activating group) is 1. The normalized spacial score (nSPS) is 10.4. The summed E-state index contributed by atoms with van der Waals surface area (Å²) in [5, 5.41) is 0. The third-order valence-corrected chi connectivity index (χ3v) is 1.48. The SMILES string of the molecule is CCOC(N)=O.C[N+](C)(C)CCOP=O. The molecule has 0 heterocycles. The van der Waals surface area contributed by atoms with E-state index in [1.165, 1.54) is 0 Å². The van der Waals surface area contributed by atoms with Crippen molar-refractivity contribution in [1.29, 1.82) is 0 Å². The molecule has 0 bridgehead atoms. The molecule has 6 nitrogen and oxygen atoms in total. The minimum atomic E-state index is -0.711. The van der Waals surface area contributed by atoms with E-state index in [2.05, 4.69) is 36.1 Å². The lowest BCUT2D eigenvalue weighted by Crippen LogP contribution is -2.37. The summed E-state index contributed by atoms with van der Waals surface area (Å²) in [5.41, 5.74) is 4.54. The first-order valence-corrected chi connectivity index (χ1v) is 5.23. The van der Waals surface area contributed by atoms with E-state index in [-0.39, 0.29) is 8.69 Å². The highest BCUT2D eigenvalue weighted by atomic mass is 31.1. The first kappa shape index (κ1) is 16.7. The second kappa shape index (κ2) is 9.83. The van der Waals surface area contributed by atoms with Crippen LogP contribution in [0.3, 0.4) is 0 Å². The minimum Gasteiger partial charge on any atom is -0.450 e. The number of amides is 1. The highest BCUT2D eigenvalue weighted by Gasteiger charge is 2.04. The molecule has 0 rings (SSSR count). The van der Waals surface area contributed by atoms with E-state index < -0.39 is 6.09 Å². The van der Waals surface area contributed by atoms with Crippen molar-refractivity contribution in [3.63, 3.8) is 0 Å². The zero-order valence-corrected chi connectivity index (χ0v) is 10.6. The number of hydrogen-bond donors (Lipinski definition) is 1. The van der Waals surface area contributed by atoms with Crippen LogP contribution in [0.1, 0.15) is 6.92 Å². The maximum absolute atomic E-state index is 9.76. The van der Waals surface area contributed by atoms with Gasteiger partial charge in [-0.05, 0) is 6.92 Å². The zero-order valence-electron chi connectivity index (χ0n) is 9.73. The number of ether oxygens (including phenoxy) is 1. The van der Waals surface area contributed by atoms with Gasteiger partial charge >= 0.3 is 14.8 Å². The van der Waals surface area contributed by atoms with Crippen molar-refractivity contribution in [2.75, 3.05) is 40.9 Å². The maximum atomic E-state index is 9.76. The topological polar surface area (TPSA) is 78.6 Å². The first-order chi connectivity index (χ1) is 6.83. The number of carbonyl (C=O) groups excluding carboxylic acids is 1. The lowest BCUT2D eigenvalue weighted by atomic mass is 10.5. The van der Waals surface area contributed by atoms with Crippen molar-refractivity contribution in [2.45, 2.75) is 6.92 Å². The molecule has 0 fully saturated rings. The highest BCUT2D eigenvalue weighted by molar-refractivity contribution is 7.17. The van der Waals surface area contributed by atoms with E-state index in [1.807, 2.05) is 0 Å². The lowest BCUT2D eigenvalue weighted by molar-refractivity contribution is -0.870. The standard InChI is InChI=1S/C5H13NO2P.C3H7NO2/c1-6(2,3)4-5-8-9-7;1-2-6-3(4)5/h4-5H2,1-3H3;2H2,1H3,(H2,4,5)/q+1;. The van der Waals surface area contributed by atoms with Crippen LogP contribution in [0.5, 0.6) is 0 Å². The summed E-state index contributed by atoms with van der Waals surface area (Å²) >= 11 is 0. The van der Waals surface area contributed by atoms with E-state index in [0.717, 1.165) is 11.0 Å². The van der Waals surface area contributed by atoms with Gasteiger partial charge in [-0.15, -0.1) is 0 Å². The van der Waals surface area contributed by atoms with Gasteiger partial charge in [-0.25, -0.2) is 9.36 Å². The van der Waals surface area contributed by atoms with Crippen LogP contribution in [0, 0.1) is 0 Å². The molecule has 7 heteroatoms. The Bertz CT molecular complexity index is 182. The number of primary amides is 1. The van der Waals surface area contributed by atoms with Gasteiger partial charge in [0.15, 0.2) is 0 Å². The van der Waals surface area contributed by atoms with Gasteiger partial charge in [0.1, 0.15) is 13.2 Å². The minimum absolute atomic E-state index is 0.217. The average Bonchev–Trinajstić information content (AvgIpc) is 2.03. The zero-order chi connectivity index (χ0) is 12.3. The predicted octanol–water partition coefficient (Wildman–Crippen LogP) is 1.02. The molecule has 0 aliphatic carbocycles. The van der Waals surface area contributed by atoms with Crippen LogP contribution in [0.15, 0.2) is 0 Å². The van der Waals surface area contributed by atoms with E-state index >= 15 is 0 Å². The van der Waals surface area contributed by atoms with Crippen molar-refractivity contribution in [3.05, 3.63) is 0 Å². The fraction of sp³-hybridized carbons (Fsp3) is 0.875. The molecular formula is C8H20N2O4P+. The van der Waals surface area contributed by atoms with Crippen LogP contribution in [0.25, 0.3) is 0 Å². The third-order valence-electron chi connectivity index (χ3n) is 1.19. The quantitative estimate of drug-likeness (QED) is 0.441. The lowest BCUT2D eigenvalue weighted by Gasteiger charge is -2.22. The van der Waals surface area contributed by atoms with Crippen molar-refractivity contribution in [3.8, 4) is 0 Å². The van der Waals surface area contributed by atoms with E-state index in [1.54, 1.807) is 6.92 Å². The van der Waals surface area contributed by atoms with Gasteiger partial charge in [-0.2, -0.15) is 0 Å². The summed E-state index contributed by atoms with van der Waals surface area (Å²) < 4.78 is 19.4. The van der Waals surface area contributed by atoms with Gasteiger partial charge in [0.25, 0.3) is 0 Å². The van der Waals surface area contributed by atoms with Crippen molar-refractivity contribution >= 4 is 14.8 Å². The van der Waals surface area contributed by atoms with Gasteiger partial charge in [-0.1, -0.05) is 0 Å². The summed E-state index contributed by atoms with van der Waals surface area (Å²) in [7, 11) is 5.96. The molecule has 0 atom stereocenters. The Morgan fingerprint density at radius 2 is 1.93 bits per heavy atom. The number of rotatable bonds is 5. The fourth-order valence-electron chi connectivity index (χ4n) is 0.494. The summed E-state index contributed by atoms with van der Waals surface area (Å²) in [6, 6.07) is 0. The number of quaternary nitrogens is 1. The second-order valence-electron chi connectivity index (χ2n) is 3.67. The Labute approximate surface area is 92.2 Å². The smallest absolute Gasteiger partial charge is 0.404 e. The second-order valence-corrected chi connectivity index (χ2v) is 4.08. The van der Waals surface area contributed by atoms with Crippen molar-refractivity contribution in [2.24, 2.45) is 5.73 Å². The molecule has 0 spiro atoms. The van der Waals surface area contributed by atoms with Crippen LogP contribution in [0.4, 0.5) is 4.79 Å².